The summed E-state index contributed by atoms with van der Waals surface area (Å²) in [5.41, 5.74) is 5.64. The maximum absolute atomic E-state index is 11.8. The Kier molecular flexibility index (Phi) is 6.67. The van der Waals surface area contributed by atoms with Gasteiger partial charge in [0.1, 0.15) is 6.04 Å². The van der Waals surface area contributed by atoms with E-state index in [4.69, 9.17) is 15.7 Å². The number of nitriles is 1. The SMILES string of the molecule is COCC(N)C(=O)N(CCC#N)C(C)C. The fraction of sp³-hybridized carbons (Fsp3) is 0.800. The van der Waals surface area contributed by atoms with E-state index in [1.54, 1.807) is 4.90 Å². The van der Waals surface area contributed by atoms with Crippen molar-refractivity contribution in [3.8, 4) is 6.07 Å². The second kappa shape index (κ2) is 7.21. The third-order valence-corrected chi connectivity index (χ3v) is 2.03. The van der Waals surface area contributed by atoms with Gasteiger partial charge in [0.25, 0.3) is 0 Å². The minimum absolute atomic E-state index is 0.0498. The van der Waals surface area contributed by atoms with Gasteiger partial charge in [-0.1, -0.05) is 0 Å². The molecule has 0 saturated carbocycles. The molecule has 86 valence electrons. The first-order valence-electron chi connectivity index (χ1n) is 4.96. The molecule has 5 nitrogen and oxygen atoms in total. The molecule has 5 heteroatoms. The smallest absolute Gasteiger partial charge is 0.242 e. The summed E-state index contributed by atoms with van der Waals surface area (Å²) in [5, 5.41) is 8.48. The van der Waals surface area contributed by atoms with E-state index in [2.05, 4.69) is 0 Å². The molecule has 0 rings (SSSR count). The fourth-order valence-corrected chi connectivity index (χ4v) is 1.26. The first-order valence-corrected chi connectivity index (χ1v) is 4.96. The topological polar surface area (TPSA) is 79.3 Å². The third kappa shape index (κ3) is 4.77. The molecule has 0 heterocycles. The zero-order chi connectivity index (χ0) is 11.8. The van der Waals surface area contributed by atoms with Crippen molar-refractivity contribution >= 4 is 5.91 Å². The Morgan fingerprint density at radius 2 is 2.20 bits per heavy atom. The molecule has 0 saturated heterocycles. The number of nitrogens with two attached hydrogens (primary N) is 1. The van der Waals surface area contributed by atoms with E-state index in [1.807, 2.05) is 19.9 Å². The molecule has 0 aliphatic rings. The normalized spacial score (nSPS) is 12.3. The maximum atomic E-state index is 11.8. The molecule has 0 aromatic heterocycles. The number of carbonyl (C=O) groups excluding carboxylic acids is 1. The molecular weight excluding hydrogens is 194 g/mol. The number of hydrogen-bond acceptors (Lipinski definition) is 4. The molecule has 2 N–H and O–H groups in total. The van der Waals surface area contributed by atoms with Crippen LogP contribution in [0.25, 0.3) is 0 Å². The number of nitrogens with zero attached hydrogens (tertiary/aromatic N) is 2. The molecule has 15 heavy (non-hydrogen) atoms. The Morgan fingerprint density at radius 3 is 2.60 bits per heavy atom. The highest BCUT2D eigenvalue weighted by Crippen LogP contribution is 2.02. The predicted molar refractivity (Wildman–Crippen MR) is 56.9 cm³/mol. The lowest BCUT2D eigenvalue weighted by Crippen LogP contribution is -2.49. The third-order valence-electron chi connectivity index (χ3n) is 2.03. The van der Waals surface area contributed by atoms with E-state index in [0.717, 1.165) is 0 Å². The lowest BCUT2D eigenvalue weighted by molar-refractivity contribution is -0.135. The number of hydrogen-bond donors (Lipinski definition) is 1. The van der Waals surface area contributed by atoms with Crippen LogP contribution in [0.4, 0.5) is 0 Å². The zero-order valence-corrected chi connectivity index (χ0v) is 9.56. The summed E-state index contributed by atoms with van der Waals surface area (Å²) in [4.78, 5) is 13.4. The monoisotopic (exact) mass is 213 g/mol. The van der Waals surface area contributed by atoms with Crippen molar-refractivity contribution in [1.29, 1.82) is 5.26 Å². The van der Waals surface area contributed by atoms with E-state index in [9.17, 15) is 4.79 Å². The van der Waals surface area contributed by atoms with Crippen LogP contribution in [0.2, 0.25) is 0 Å². The molecule has 0 aromatic carbocycles. The number of carbonyl (C=O) groups is 1. The highest BCUT2D eigenvalue weighted by atomic mass is 16.5. The first kappa shape index (κ1) is 13.9. The van der Waals surface area contributed by atoms with Crippen LogP contribution in [0.15, 0.2) is 0 Å². The lowest BCUT2D eigenvalue weighted by atomic mass is 10.2. The van der Waals surface area contributed by atoms with Crippen molar-refractivity contribution in [3.63, 3.8) is 0 Å². The Morgan fingerprint density at radius 1 is 1.60 bits per heavy atom. The summed E-state index contributed by atoms with van der Waals surface area (Å²) in [7, 11) is 1.50. The fourth-order valence-electron chi connectivity index (χ4n) is 1.26. The van der Waals surface area contributed by atoms with Crippen LogP contribution in [0.1, 0.15) is 20.3 Å². The minimum Gasteiger partial charge on any atom is -0.383 e. The molecule has 0 aromatic rings. The van der Waals surface area contributed by atoms with Crippen LogP contribution >= 0.6 is 0 Å². The second-order valence-electron chi connectivity index (χ2n) is 3.60. The number of amides is 1. The largest absolute Gasteiger partial charge is 0.383 e. The summed E-state index contributed by atoms with van der Waals surface area (Å²) in [6, 6.07) is 1.42. The van der Waals surface area contributed by atoms with Crippen LogP contribution < -0.4 is 5.73 Å². The van der Waals surface area contributed by atoms with Gasteiger partial charge in [-0.3, -0.25) is 4.79 Å². The highest BCUT2D eigenvalue weighted by molar-refractivity contribution is 5.82. The van der Waals surface area contributed by atoms with Crippen LogP contribution in [-0.2, 0) is 9.53 Å². The van der Waals surface area contributed by atoms with Crippen LogP contribution in [-0.4, -0.2) is 43.2 Å². The van der Waals surface area contributed by atoms with E-state index in [-0.39, 0.29) is 18.6 Å². The quantitative estimate of drug-likeness (QED) is 0.679. The van der Waals surface area contributed by atoms with Crippen molar-refractivity contribution < 1.29 is 9.53 Å². The van der Waals surface area contributed by atoms with Crippen molar-refractivity contribution in [1.82, 2.24) is 4.90 Å². The summed E-state index contributed by atoms with van der Waals surface area (Å²) >= 11 is 0. The molecule has 0 fully saturated rings. The number of ether oxygens (including phenoxy) is 1. The van der Waals surface area contributed by atoms with Crippen molar-refractivity contribution in [2.24, 2.45) is 5.73 Å². The predicted octanol–water partition coefficient (Wildman–Crippen LogP) is 0.111. The molecular formula is C10H19N3O2. The second-order valence-corrected chi connectivity index (χ2v) is 3.60. The van der Waals surface area contributed by atoms with Crippen LogP contribution in [0.5, 0.6) is 0 Å². The van der Waals surface area contributed by atoms with Crippen molar-refractivity contribution in [3.05, 3.63) is 0 Å². The molecule has 0 aliphatic carbocycles. The highest BCUT2D eigenvalue weighted by Gasteiger charge is 2.22. The summed E-state index contributed by atoms with van der Waals surface area (Å²) < 4.78 is 4.82. The van der Waals surface area contributed by atoms with E-state index in [1.165, 1.54) is 7.11 Å². The molecule has 1 atom stereocenters. The molecule has 1 unspecified atom stereocenters. The van der Waals surface area contributed by atoms with Crippen LogP contribution in [0, 0.1) is 11.3 Å². The van der Waals surface area contributed by atoms with Gasteiger partial charge in [0.2, 0.25) is 5.91 Å². The van der Waals surface area contributed by atoms with Gasteiger partial charge in [-0.25, -0.2) is 0 Å². The summed E-state index contributed by atoms with van der Waals surface area (Å²) in [5.74, 6) is -0.165. The number of rotatable bonds is 6. The summed E-state index contributed by atoms with van der Waals surface area (Å²) in [6.07, 6.45) is 0.323. The average Bonchev–Trinajstić information content (AvgIpc) is 2.18. The van der Waals surface area contributed by atoms with Crippen molar-refractivity contribution in [2.75, 3.05) is 20.3 Å². The van der Waals surface area contributed by atoms with E-state index in [0.29, 0.717) is 13.0 Å². The van der Waals surface area contributed by atoms with Gasteiger partial charge in [0.15, 0.2) is 0 Å². The lowest BCUT2D eigenvalue weighted by Gasteiger charge is -2.28. The van der Waals surface area contributed by atoms with Gasteiger partial charge in [0, 0.05) is 19.7 Å². The Balaban J connectivity index is 4.35. The van der Waals surface area contributed by atoms with Gasteiger partial charge < -0.3 is 15.4 Å². The molecule has 0 radical (unpaired) electrons. The van der Waals surface area contributed by atoms with Gasteiger partial charge >= 0.3 is 0 Å². The van der Waals surface area contributed by atoms with Crippen molar-refractivity contribution in [2.45, 2.75) is 32.4 Å². The van der Waals surface area contributed by atoms with Gasteiger partial charge in [-0.15, -0.1) is 0 Å². The summed E-state index contributed by atoms with van der Waals surface area (Å²) in [6.45, 7) is 4.42. The first-order chi connectivity index (χ1) is 7.04. The Bertz CT molecular complexity index is 235. The van der Waals surface area contributed by atoms with Crippen LogP contribution in [0.3, 0.4) is 0 Å². The standard InChI is InChI=1S/C10H19N3O2/c1-8(2)13(6-4-5-11)10(14)9(12)7-15-3/h8-9H,4,6-7,12H2,1-3H3. The molecule has 0 spiro atoms. The molecule has 0 bridgehead atoms. The van der Waals surface area contributed by atoms with Gasteiger partial charge in [-0.2, -0.15) is 5.26 Å². The van der Waals surface area contributed by atoms with E-state index < -0.39 is 6.04 Å². The van der Waals surface area contributed by atoms with Gasteiger partial charge in [-0.05, 0) is 13.8 Å². The Hall–Kier alpha value is -1.12. The Labute approximate surface area is 90.8 Å². The average molecular weight is 213 g/mol. The van der Waals surface area contributed by atoms with E-state index >= 15 is 0 Å². The number of methoxy groups -OCH3 is 1. The van der Waals surface area contributed by atoms with Gasteiger partial charge in [0.05, 0.1) is 19.1 Å². The molecule has 0 aliphatic heterocycles. The molecule has 1 amide bonds. The zero-order valence-electron chi connectivity index (χ0n) is 9.56. The maximum Gasteiger partial charge on any atom is 0.242 e. The minimum atomic E-state index is -0.643.